The van der Waals surface area contributed by atoms with Crippen LogP contribution in [-0.4, -0.2) is 23.2 Å². The molecule has 1 aromatic heterocycles. The molecular formula is C14H19F2NO3. The lowest BCUT2D eigenvalue weighted by Gasteiger charge is -2.19. The summed E-state index contributed by atoms with van der Waals surface area (Å²) in [5.41, 5.74) is -0.496. The summed E-state index contributed by atoms with van der Waals surface area (Å²) in [6, 6.07) is 2.59. The van der Waals surface area contributed by atoms with Crippen LogP contribution in [0.1, 0.15) is 45.5 Å². The first-order valence-corrected chi connectivity index (χ1v) is 6.35. The third-order valence-electron chi connectivity index (χ3n) is 2.28. The molecule has 20 heavy (non-hydrogen) atoms. The molecule has 0 amide bonds. The van der Waals surface area contributed by atoms with Crippen LogP contribution in [0, 0.1) is 0 Å². The minimum atomic E-state index is -2.62. The largest absolute Gasteiger partial charge is 0.480 e. The molecule has 0 aliphatic heterocycles. The molecule has 112 valence electrons. The van der Waals surface area contributed by atoms with Crippen molar-refractivity contribution in [1.82, 2.24) is 4.98 Å². The molecule has 0 atom stereocenters. The van der Waals surface area contributed by atoms with Crippen LogP contribution in [0.4, 0.5) is 8.78 Å². The fourth-order valence-corrected chi connectivity index (χ4v) is 1.52. The van der Waals surface area contributed by atoms with E-state index in [0.29, 0.717) is 17.9 Å². The minimum Gasteiger partial charge on any atom is -0.480 e. The average molecular weight is 287 g/mol. The molecule has 1 rings (SSSR count). The first-order valence-electron chi connectivity index (χ1n) is 6.35. The Hall–Kier alpha value is -1.72. The Bertz CT molecular complexity index is 470. The van der Waals surface area contributed by atoms with Gasteiger partial charge in [-0.15, -0.1) is 0 Å². The lowest BCUT2D eigenvalue weighted by Crippen LogP contribution is -2.27. The highest BCUT2D eigenvalue weighted by molar-refractivity contribution is 5.71. The number of nitrogens with zero attached hydrogens (tertiary/aromatic N) is 1. The van der Waals surface area contributed by atoms with Gasteiger partial charge >= 0.3 is 5.97 Å². The normalized spacial score (nSPS) is 11.6. The summed E-state index contributed by atoms with van der Waals surface area (Å²) in [5.74, 6) is -0.194. The van der Waals surface area contributed by atoms with E-state index in [0.717, 1.165) is 0 Å². The Morgan fingerprint density at radius 3 is 2.50 bits per heavy atom. The van der Waals surface area contributed by atoms with Crippen LogP contribution < -0.4 is 4.74 Å². The molecule has 0 aliphatic rings. The van der Waals surface area contributed by atoms with Gasteiger partial charge in [-0.2, -0.15) is 0 Å². The van der Waals surface area contributed by atoms with Gasteiger partial charge in [-0.1, -0.05) is 6.92 Å². The van der Waals surface area contributed by atoms with Crippen LogP contribution in [0.5, 0.6) is 5.75 Å². The predicted molar refractivity (Wildman–Crippen MR) is 69.9 cm³/mol. The van der Waals surface area contributed by atoms with Gasteiger partial charge in [0.15, 0.2) is 6.61 Å². The summed E-state index contributed by atoms with van der Waals surface area (Å²) in [7, 11) is 0. The van der Waals surface area contributed by atoms with Crippen LogP contribution >= 0.6 is 0 Å². The summed E-state index contributed by atoms with van der Waals surface area (Å²) in [4.78, 5) is 15.3. The maximum atomic E-state index is 12.5. The van der Waals surface area contributed by atoms with E-state index >= 15 is 0 Å². The number of esters is 1. The van der Waals surface area contributed by atoms with E-state index in [9.17, 15) is 13.6 Å². The number of aromatic nitrogens is 1. The van der Waals surface area contributed by atoms with E-state index in [-0.39, 0.29) is 12.3 Å². The van der Waals surface area contributed by atoms with Gasteiger partial charge in [0.1, 0.15) is 17.0 Å². The average Bonchev–Trinajstić information content (AvgIpc) is 2.33. The number of alkyl halides is 2. The minimum absolute atomic E-state index is 0.278. The molecule has 0 N–H and O–H groups in total. The lowest BCUT2D eigenvalue weighted by atomic mass is 10.2. The Morgan fingerprint density at radius 1 is 1.35 bits per heavy atom. The molecule has 0 fully saturated rings. The molecule has 0 radical (unpaired) electrons. The topological polar surface area (TPSA) is 48.4 Å². The fraction of sp³-hybridized carbons (Fsp3) is 0.571. The van der Waals surface area contributed by atoms with Crippen molar-refractivity contribution in [1.29, 1.82) is 0 Å². The van der Waals surface area contributed by atoms with Crippen LogP contribution in [0.15, 0.2) is 12.1 Å². The van der Waals surface area contributed by atoms with Crippen molar-refractivity contribution in [3.05, 3.63) is 23.5 Å². The summed E-state index contributed by atoms with van der Waals surface area (Å²) in [6.07, 6.45) is -2.19. The fourth-order valence-electron chi connectivity index (χ4n) is 1.52. The number of aryl methyl sites for hydroxylation is 1. The predicted octanol–water partition coefficient (Wildman–Crippen LogP) is 3.30. The van der Waals surface area contributed by atoms with Crippen LogP contribution in [0.2, 0.25) is 0 Å². The van der Waals surface area contributed by atoms with Gasteiger partial charge in [0, 0.05) is 0 Å². The highest BCUT2D eigenvalue weighted by atomic mass is 19.3. The number of hydrogen-bond donors (Lipinski definition) is 0. The molecule has 1 aromatic rings. The number of halogens is 2. The van der Waals surface area contributed by atoms with E-state index < -0.39 is 18.0 Å². The van der Waals surface area contributed by atoms with E-state index in [4.69, 9.17) is 9.47 Å². The Kier molecular flexibility index (Phi) is 5.42. The number of rotatable bonds is 5. The smallest absolute Gasteiger partial charge is 0.344 e. The van der Waals surface area contributed by atoms with E-state index in [1.807, 2.05) is 0 Å². The second-order valence-corrected chi connectivity index (χ2v) is 5.21. The summed E-state index contributed by atoms with van der Waals surface area (Å²) < 4.78 is 35.5. The van der Waals surface area contributed by atoms with Crippen molar-refractivity contribution < 1.29 is 23.0 Å². The number of carbonyl (C=O) groups is 1. The van der Waals surface area contributed by atoms with Gasteiger partial charge in [-0.25, -0.2) is 18.6 Å². The van der Waals surface area contributed by atoms with E-state index in [2.05, 4.69) is 4.98 Å². The monoisotopic (exact) mass is 287 g/mol. The zero-order valence-electron chi connectivity index (χ0n) is 12.1. The zero-order chi connectivity index (χ0) is 15.3. The highest BCUT2D eigenvalue weighted by Gasteiger charge is 2.18. The number of ether oxygens (including phenoxy) is 2. The molecule has 0 saturated carbocycles. The molecule has 0 spiro atoms. The van der Waals surface area contributed by atoms with Gasteiger partial charge in [0.2, 0.25) is 0 Å². The standard InChI is InChI=1S/C14H19F2NO3/c1-5-9-11(7-6-10(17-9)13(15)16)19-8-12(18)20-14(2,3)4/h6-7,13H,5,8H2,1-4H3. The Morgan fingerprint density at radius 2 is 2.00 bits per heavy atom. The SMILES string of the molecule is CCc1nc(C(F)F)ccc1OCC(=O)OC(C)(C)C. The molecule has 6 heteroatoms. The number of pyridine rings is 1. The van der Waals surface area contributed by atoms with Crippen LogP contribution in [0.3, 0.4) is 0 Å². The van der Waals surface area contributed by atoms with Crippen LogP contribution in [0.25, 0.3) is 0 Å². The second kappa shape index (κ2) is 6.63. The molecular weight excluding hydrogens is 268 g/mol. The van der Waals surface area contributed by atoms with Crippen molar-refractivity contribution in [3.8, 4) is 5.75 Å². The number of carbonyl (C=O) groups excluding carboxylic acids is 1. The van der Waals surface area contributed by atoms with Crippen molar-refractivity contribution in [2.45, 2.75) is 46.1 Å². The van der Waals surface area contributed by atoms with Crippen LogP contribution in [-0.2, 0) is 16.0 Å². The molecule has 0 aromatic carbocycles. The lowest BCUT2D eigenvalue weighted by molar-refractivity contribution is -0.157. The maximum absolute atomic E-state index is 12.5. The Balaban J connectivity index is 2.71. The van der Waals surface area contributed by atoms with Gasteiger partial charge in [0.25, 0.3) is 6.43 Å². The summed E-state index contributed by atoms with van der Waals surface area (Å²) >= 11 is 0. The Labute approximate surface area is 117 Å². The van der Waals surface area contributed by atoms with Gasteiger partial charge in [-0.3, -0.25) is 0 Å². The first kappa shape index (κ1) is 16.3. The van der Waals surface area contributed by atoms with Gasteiger partial charge < -0.3 is 9.47 Å². The second-order valence-electron chi connectivity index (χ2n) is 5.21. The first-order chi connectivity index (χ1) is 9.23. The molecule has 1 heterocycles. The van der Waals surface area contributed by atoms with Crippen molar-refractivity contribution in [2.75, 3.05) is 6.61 Å². The molecule has 0 unspecified atom stereocenters. The van der Waals surface area contributed by atoms with Gasteiger partial charge in [0.05, 0.1) is 5.69 Å². The molecule has 0 bridgehead atoms. The van der Waals surface area contributed by atoms with E-state index in [1.54, 1.807) is 27.7 Å². The van der Waals surface area contributed by atoms with E-state index in [1.165, 1.54) is 12.1 Å². The molecule has 0 aliphatic carbocycles. The summed E-state index contributed by atoms with van der Waals surface area (Å²) in [5, 5.41) is 0. The molecule has 0 saturated heterocycles. The van der Waals surface area contributed by atoms with Crippen molar-refractivity contribution >= 4 is 5.97 Å². The quantitative estimate of drug-likeness (QED) is 0.780. The van der Waals surface area contributed by atoms with Crippen molar-refractivity contribution in [2.24, 2.45) is 0 Å². The third kappa shape index (κ3) is 5.11. The highest BCUT2D eigenvalue weighted by Crippen LogP contribution is 2.23. The number of hydrogen-bond acceptors (Lipinski definition) is 4. The summed E-state index contributed by atoms with van der Waals surface area (Å²) in [6.45, 7) is 6.75. The molecule has 4 nitrogen and oxygen atoms in total. The van der Waals surface area contributed by atoms with Gasteiger partial charge in [-0.05, 0) is 39.3 Å². The van der Waals surface area contributed by atoms with Crippen molar-refractivity contribution in [3.63, 3.8) is 0 Å². The maximum Gasteiger partial charge on any atom is 0.344 e. The third-order valence-corrected chi connectivity index (χ3v) is 2.28. The zero-order valence-corrected chi connectivity index (χ0v) is 12.1.